The Bertz CT molecular complexity index is 685. The zero-order chi connectivity index (χ0) is 16.8. The largest absolute Gasteiger partial charge is 0.378 e. The fraction of sp³-hybridized carbons (Fsp3) is 0.278. The van der Waals surface area contributed by atoms with Crippen LogP contribution in [0, 0.1) is 5.82 Å². The first-order valence-electron chi connectivity index (χ1n) is 7.93. The summed E-state index contributed by atoms with van der Waals surface area (Å²) < 4.78 is 18.4. The van der Waals surface area contributed by atoms with Crippen LogP contribution >= 0.6 is 0 Å². The van der Waals surface area contributed by atoms with Gasteiger partial charge in [0.2, 0.25) is 0 Å². The van der Waals surface area contributed by atoms with Gasteiger partial charge in [-0.3, -0.25) is 0 Å². The second-order valence-corrected chi connectivity index (χ2v) is 5.58. The molecule has 1 saturated heterocycles. The highest BCUT2D eigenvalue weighted by molar-refractivity contribution is 5.89. The number of benzene rings is 2. The average molecular weight is 329 g/mol. The van der Waals surface area contributed by atoms with Gasteiger partial charge in [-0.1, -0.05) is 18.2 Å². The van der Waals surface area contributed by atoms with Crippen LogP contribution in [0.4, 0.5) is 20.6 Å². The number of hydrogen-bond acceptors (Lipinski definition) is 3. The van der Waals surface area contributed by atoms with E-state index in [0.717, 1.165) is 37.6 Å². The Labute approximate surface area is 140 Å². The van der Waals surface area contributed by atoms with Gasteiger partial charge in [-0.25, -0.2) is 9.18 Å². The van der Waals surface area contributed by atoms with Crippen LogP contribution in [0.25, 0.3) is 0 Å². The van der Waals surface area contributed by atoms with Gasteiger partial charge in [0.05, 0.1) is 13.2 Å². The highest BCUT2D eigenvalue weighted by atomic mass is 19.1. The van der Waals surface area contributed by atoms with Crippen LogP contribution in [0.2, 0.25) is 0 Å². The summed E-state index contributed by atoms with van der Waals surface area (Å²) in [5, 5.41) is 5.36. The summed E-state index contributed by atoms with van der Waals surface area (Å²) in [6, 6.07) is 13.5. The first kappa shape index (κ1) is 16.3. The van der Waals surface area contributed by atoms with Gasteiger partial charge >= 0.3 is 6.03 Å². The molecule has 2 aromatic carbocycles. The van der Waals surface area contributed by atoms with Crippen LogP contribution in [-0.4, -0.2) is 32.3 Å². The van der Waals surface area contributed by atoms with E-state index in [9.17, 15) is 9.18 Å². The van der Waals surface area contributed by atoms with Crippen LogP contribution in [0.1, 0.15) is 5.56 Å². The molecule has 0 aliphatic carbocycles. The van der Waals surface area contributed by atoms with Crippen molar-refractivity contribution in [2.24, 2.45) is 0 Å². The third-order valence-electron chi connectivity index (χ3n) is 3.85. The van der Waals surface area contributed by atoms with Gasteiger partial charge < -0.3 is 20.3 Å². The molecule has 3 rings (SSSR count). The Hall–Kier alpha value is -2.60. The number of carbonyl (C=O) groups is 1. The molecule has 0 bridgehead atoms. The van der Waals surface area contributed by atoms with E-state index in [4.69, 9.17) is 4.74 Å². The number of nitrogens with one attached hydrogen (secondary N) is 2. The third kappa shape index (κ3) is 4.45. The molecule has 0 unspecified atom stereocenters. The molecule has 1 fully saturated rings. The van der Waals surface area contributed by atoms with Crippen molar-refractivity contribution in [3.8, 4) is 0 Å². The lowest BCUT2D eigenvalue weighted by molar-refractivity contribution is 0.122. The maximum absolute atomic E-state index is 13.1. The molecule has 1 aliphatic heterocycles. The van der Waals surface area contributed by atoms with Gasteiger partial charge in [-0.15, -0.1) is 0 Å². The highest BCUT2D eigenvalue weighted by Gasteiger charge is 2.10. The Kier molecular flexibility index (Phi) is 5.28. The van der Waals surface area contributed by atoms with Crippen molar-refractivity contribution in [2.45, 2.75) is 6.54 Å². The van der Waals surface area contributed by atoms with Crippen LogP contribution < -0.4 is 15.5 Å². The van der Waals surface area contributed by atoms with Crippen LogP contribution in [0.15, 0.2) is 48.5 Å². The number of amides is 2. The second kappa shape index (κ2) is 7.79. The van der Waals surface area contributed by atoms with E-state index in [-0.39, 0.29) is 11.8 Å². The number of hydrogen-bond donors (Lipinski definition) is 2. The highest BCUT2D eigenvalue weighted by Crippen LogP contribution is 2.16. The molecule has 5 nitrogen and oxygen atoms in total. The van der Waals surface area contributed by atoms with Gasteiger partial charge in [0, 0.05) is 31.0 Å². The van der Waals surface area contributed by atoms with Crippen molar-refractivity contribution in [3.05, 3.63) is 59.9 Å². The van der Waals surface area contributed by atoms with Crippen molar-refractivity contribution in [1.82, 2.24) is 5.32 Å². The predicted molar refractivity (Wildman–Crippen MR) is 91.7 cm³/mol. The SMILES string of the molecule is O=C(NCc1ccc(N2CCOCC2)cc1)Nc1cccc(F)c1. The lowest BCUT2D eigenvalue weighted by Crippen LogP contribution is -2.36. The summed E-state index contributed by atoms with van der Waals surface area (Å²) >= 11 is 0. The fourth-order valence-electron chi connectivity index (χ4n) is 2.57. The average Bonchev–Trinajstić information content (AvgIpc) is 2.61. The Morgan fingerprint density at radius 3 is 2.58 bits per heavy atom. The molecule has 0 aromatic heterocycles. The van der Waals surface area contributed by atoms with Gasteiger partial charge in [-0.05, 0) is 35.9 Å². The molecule has 1 heterocycles. The number of morpholine rings is 1. The van der Waals surface area contributed by atoms with Gasteiger partial charge in [0.1, 0.15) is 5.82 Å². The molecule has 0 saturated carbocycles. The molecule has 126 valence electrons. The van der Waals surface area contributed by atoms with E-state index in [1.165, 1.54) is 12.1 Å². The smallest absolute Gasteiger partial charge is 0.319 e. The molecule has 2 N–H and O–H groups in total. The first-order chi connectivity index (χ1) is 11.7. The fourth-order valence-corrected chi connectivity index (χ4v) is 2.57. The molecular weight excluding hydrogens is 309 g/mol. The zero-order valence-corrected chi connectivity index (χ0v) is 13.3. The first-order valence-corrected chi connectivity index (χ1v) is 7.93. The maximum atomic E-state index is 13.1. The Morgan fingerprint density at radius 2 is 1.88 bits per heavy atom. The lowest BCUT2D eigenvalue weighted by atomic mass is 10.2. The topological polar surface area (TPSA) is 53.6 Å². The number of anilines is 2. The Balaban J connectivity index is 1.50. The van der Waals surface area contributed by atoms with Gasteiger partial charge in [-0.2, -0.15) is 0 Å². The molecule has 2 amide bonds. The summed E-state index contributed by atoms with van der Waals surface area (Å²) in [5.74, 6) is -0.383. The molecule has 0 atom stereocenters. The number of nitrogens with zero attached hydrogens (tertiary/aromatic N) is 1. The van der Waals surface area contributed by atoms with Crippen molar-refractivity contribution in [1.29, 1.82) is 0 Å². The molecule has 6 heteroatoms. The van der Waals surface area contributed by atoms with Crippen molar-refractivity contribution in [2.75, 3.05) is 36.5 Å². The van der Waals surface area contributed by atoms with E-state index >= 15 is 0 Å². The summed E-state index contributed by atoms with van der Waals surface area (Å²) in [6.45, 7) is 3.71. The third-order valence-corrected chi connectivity index (χ3v) is 3.85. The number of halogens is 1. The van der Waals surface area contributed by atoms with Crippen LogP contribution in [0.5, 0.6) is 0 Å². The zero-order valence-electron chi connectivity index (χ0n) is 13.3. The summed E-state index contributed by atoms with van der Waals surface area (Å²) in [5.41, 5.74) is 2.59. The molecule has 0 spiro atoms. The molecule has 0 radical (unpaired) electrons. The van der Waals surface area contributed by atoms with E-state index in [1.807, 2.05) is 24.3 Å². The van der Waals surface area contributed by atoms with Gasteiger partial charge in [0.25, 0.3) is 0 Å². The lowest BCUT2D eigenvalue weighted by Gasteiger charge is -2.28. The van der Waals surface area contributed by atoms with E-state index in [1.54, 1.807) is 12.1 Å². The van der Waals surface area contributed by atoms with Crippen molar-refractivity contribution < 1.29 is 13.9 Å². The molecule has 2 aromatic rings. The maximum Gasteiger partial charge on any atom is 0.319 e. The Morgan fingerprint density at radius 1 is 1.12 bits per heavy atom. The summed E-state index contributed by atoms with van der Waals surface area (Å²) in [6.07, 6.45) is 0. The van der Waals surface area contributed by atoms with E-state index in [2.05, 4.69) is 15.5 Å². The monoisotopic (exact) mass is 329 g/mol. The normalized spacial score (nSPS) is 14.3. The number of rotatable bonds is 4. The van der Waals surface area contributed by atoms with E-state index in [0.29, 0.717) is 12.2 Å². The van der Waals surface area contributed by atoms with Crippen LogP contribution in [0.3, 0.4) is 0 Å². The molecule has 24 heavy (non-hydrogen) atoms. The second-order valence-electron chi connectivity index (χ2n) is 5.58. The number of carbonyl (C=O) groups excluding carboxylic acids is 1. The van der Waals surface area contributed by atoms with Crippen molar-refractivity contribution in [3.63, 3.8) is 0 Å². The quantitative estimate of drug-likeness (QED) is 0.907. The minimum atomic E-state index is -0.383. The molecule has 1 aliphatic rings. The van der Waals surface area contributed by atoms with Crippen molar-refractivity contribution >= 4 is 17.4 Å². The predicted octanol–water partition coefficient (Wildman–Crippen LogP) is 2.98. The van der Waals surface area contributed by atoms with Gasteiger partial charge in [0.15, 0.2) is 0 Å². The minimum absolute atomic E-state index is 0.363. The number of ether oxygens (including phenoxy) is 1. The minimum Gasteiger partial charge on any atom is -0.378 e. The summed E-state index contributed by atoms with van der Waals surface area (Å²) in [7, 11) is 0. The summed E-state index contributed by atoms with van der Waals surface area (Å²) in [4.78, 5) is 14.1. The number of urea groups is 1. The van der Waals surface area contributed by atoms with Crippen LogP contribution in [-0.2, 0) is 11.3 Å². The van der Waals surface area contributed by atoms with E-state index < -0.39 is 0 Å². The standard InChI is InChI=1S/C18H20FN3O2/c19-15-2-1-3-16(12-15)21-18(23)20-13-14-4-6-17(7-5-14)22-8-10-24-11-9-22/h1-7,12H,8-11,13H2,(H2,20,21,23). The molecular formula is C18H20FN3O2.